The van der Waals surface area contributed by atoms with Crippen LogP contribution in [0.5, 0.6) is 11.5 Å². The van der Waals surface area contributed by atoms with Crippen LogP contribution in [-0.2, 0) is 4.79 Å². The molecular formula is C34H43F3O4. The third-order valence-electron chi connectivity index (χ3n) is 8.92. The molecule has 2 fully saturated rings. The molecule has 0 aliphatic heterocycles. The van der Waals surface area contributed by atoms with Gasteiger partial charge in [-0.05, 0) is 112 Å². The smallest absolute Gasteiger partial charge is 0.314 e. The SMILES string of the molecule is C=CCCCOc1ccc(C2CCC(C(=O)Oc3ccc(C4CCC(C(O)CCC)CC4)c(F)c3F)CC2)c(F)c1. The fraction of sp³-hybridized carbons (Fsp3) is 0.559. The molecule has 0 spiro atoms. The van der Waals surface area contributed by atoms with Crippen molar-refractivity contribution in [3.8, 4) is 11.5 Å². The predicted octanol–water partition coefficient (Wildman–Crippen LogP) is 8.76. The first kappa shape index (κ1) is 31.1. The molecule has 41 heavy (non-hydrogen) atoms. The Labute approximate surface area is 241 Å². The van der Waals surface area contributed by atoms with Crippen LogP contribution in [0.25, 0.3) is 0 Å². The number of hydrogen-bond acceptors (Lipinski definition) is 4. The number of carbonyl (C=O) groups excluding carboxylic acids is 1. The number of halogens is 3. The molecule has 4 nitrogen and oxygen atoms in total. The van der Waals surface area contributed by atoms with Crippen molar-refractivity contribution in [1.29, 1.82) is 0 Å². The largest absolute Gasteiger partial charge is 0.493 e. The highest BCUT2D eigenvalue weighted by Gasteiger charge is 2.32. The van der Waals surface area contributed by atoms with Crippen LogP contribution in [0.1, 0.15) is 107 Å². The summed E-state index contributed by atoms with van der Waals surface area (Å²) in [6.07, 6.45) is 9.93. The van der Waals surface area contributed by atoms with Gasteiger partial charge >= 0.3 is 5.97 Å². The molecule has 1 atom stereocenters. The summed E-state index contributed by atoms with van der Waals surface area (Å²) in [6, 6.07) is 7.81. The predicted molar refractivity (Wildman–Crippen MR) is 154 cm³/mol. The standard InChI is InChI=1S/C34H43F3O4/c1-3-5-6-20-40-26-16-17-27(29(35)21-26)22-10-14-25(15-11-22)34(39)41-31-19-18-28(32(36)33(31)37)23-8-12-24(13-9-23)30(38)7-4-2/h3,16-19,21-25,30,38H,1,4-15,20H2,2H3. The quantitative estimate of drug-likeness (QED) is 0.120. The van der Waals surface area contributed by atoms with Crippen LogP contribution in [0.3, 0.4) is 0 Å². The van der Waals surface area contributed by atoms with Crippen molar-refractivity contribution in [2.75, 3.05) is 6.61 Å². The van der Waals surface area contributed by atoms with Crippen molar-refractivity contribution in [3.05, 3.63) is 71.6 Å². The lowest BCUT2D eigenvalue weighted by atomic mass is 9.76. The minimum absolute atomic E-state index is 0.0273. The first-order valence-corrected chi connectivity index (χ1v) is 15.2. The first-order chi connectivity index (χ1) is 19.8. The Hall–Kier alpha value is -2.80. The Morgan fingerprint density at radius 3 is 2.29 bits per heavy atom. The number of benzene rings is 2. The van der Waals surface area contributed by atoms with E-state index in [4.69, 9.17) is 9.47 Å². The van der Waals surface area contributed by atoms with E-state index in [0.29, 0.717) is 62.0 Å². The van der Waals surface area contributed by atoms with E-state index < -0.39 is 23.5 Å². The summed E-state index contributed by atoms with van der Waals surface area (Å²) in [5.41, 5.74) is 0.911. The number of rotatable bonds is 12. The van der Waals surface area contributed by atoms with Gasteiger partial charge in [0.1, 0.15) is 11.6 Å². The van der Waals surface area contributed by atoms with E-state index in [2.05, 4.69) is 6.58 Å². The fourth-order valence-electron chi connectivity index (χ4n) is 6.47. The Balaban J connectivity index is 1.29. The lowest BCUT2D eigenvalue weighted by molar-refractivity contribution is -0.140. The van der Waals surface area contributed by atoms with Crippen molar-refractivity contribution in [2.24, 2.45) is 11.8 Å². The number of ether oxygens (including phenoxy) is 2. The van der Waals surface area contributed by atoms with Crippen LogP contribution in [-0.4, -0.2) is 23.8 Å². The van der Waals surface area contributed by atoms with E-state index in [1.807, 2.05) is 13.0 Å². The zero-order valence-corrected chi connectivity index (χ0v) is 24.1. The molecule has 2 aromatic rings. The molecule has 0 heterocycles. The van der Waals surface area contributed by atoms with Crippen molar-refractivity contribution in [3.63, 3.8) is 0 Å². The number of aliphatic hydroxyl groups is 1. The Morgan fingerprint density at radius 1 is 0.976 bits per heavy atom. The van der Waals surface area contributed by atoms with Crippen molar-refractivity contribution >= 4 is 5.97 Å². The lowest BCUT2D eigenvalue weighted by Crippen LogP contribution is -2.26. The minimum Gasteiger partial charge on any atom is -0.493 e. The van der Waals surface area contributed by atoms with Crippen LogP contribution >= 0.6 is 0 Å². The number of allylic oxidation sites excluding steroid dienone is 1. The van der Waals surface area contributed by atoms with Crippen LogP contribution < -0.4 is 9.47 Å². The van der Waals surface area contributed by atoms with Crippen LogP contribution in [0.2, 0.25) is 0 Å². The molecule has 1 unspecified atom stereocenters. The van der Waals surface area contributed by atoms with Gasteiger partial charge in [0.05, 0.1) is 18.6 Å². The molecule has 1 N–H and O–H groups in total. The molecule has 0 saturated heterocycles. The Bertz CT molecular complexity index is 1170. The third-order valence-corrected chi connectivity index (χ3v) is 8.92. The highest BCUT2D eigenvalue weighted by molar-refractivity contribution is 5.75. The van der Waals surface area contributed by atoms with Gasteiger partial charge in [0, 0.05) is 6.07 Å². The van der Waals surface area contributed by atoms with E-state index in [1.165, 1.54) is 18.2 Å². The second-order valence-corrected chi connectivity index (χ2v) is 11.7. The molecule has 0 radical (unpaired) electrons. The maximum atomic E-state index is 15.1. The van der Waals surface area contributed by atoms with Crippen LogP contribution in [0.4, 0.5) is 13.2 Å². The van der Waals surface area contributed by atoms with Gasteiger partial charge < -0.3 is 14.6 Å². The average Bonchev–Trinajstić information content (AvgIpc) is 2.98. The molecule has 0 bridgehead atoms. The second kappa shape index (κ2) is 14.9. The third kappa shape index (κ3) is 7.94. The summed E-state index contributed by atoms with van der Waals surface area (Å²) in [7, 11) is 0. The maximum absolute atomic E-state index is 15.1. The van der Waals surface area contributed by atoms with Gasteiger partial charge in [-0.1, -0.05) is 31.6 Å². The highest BCUT2D eigenvalue weighted by Crippen LogP contribution is 2.41. The second-order valence-electron chi connectivity index (χ2n) is 11.7. The van der Waals surface area contributed by atoms with Gasteiger partial charge in [-0.25, -0.2) is 8.78 Å². The average molecular weight is 573 g/mol. The molecule has 224 valence electrons. The molecule has 2 aliphatic carbocycles. The number of aliphatic hydroxyl groups excluding tert-OH is 1. The summed E-state index contributed by atoms with van der Waals surface area (Å²) in [5.74, 6) is -3.28. The highest BCUT2D eigenvalue weighted by atomic mass is 19.2. The zero-order valence-electron chi connectivity index (χ0n) is 24.1. The van der Waals surface area contributed by atoms with Gasteiger partial charge in [0.15, 0.2) is 11.6 Å². The summed E-state index contributed by atoms with van der Waals surface area (Å²) in [4.78, 5) is 12.8. The summed E-state index contributed by atoms with van der Waals surface area (Å²) in [6.45, 7) is 6.21. The van der Waals surface area contributed by atoms with E-state index in [-0.39, 0.29) is 35.4 Å². The summed E-state index contributed by atoms with van der Waals surface area (Å²) >= 11 is 0. The summed E-state index contributed by atoms with van der Waals surface area (Å²) in [5, 5.41) is 10.3. The number of esters is 1. The fourth-order valence-corrected chi connectivity index (χ4v) is 6.47. The number of hydrogen-bond donors (Lipinski definition) is 1. The lowest BCUT2D eigenvalue weighted by Gasteiger charge is -2.32. The molecule has 2 saturated carbocycles. The normalized spacial score (nSPS) is 23.5. The molecule has 0 aromatic heterocycles. The number of unbranched alkanes of at least 4 members (excludes halogenated alkanes) is 1. The molecule has 7 heteroatoms. The molecule has 2 aromatic carbocycles. The van der Waals surface area contributed by atoms with Gasteiger partial charge in [-0.15, -0.1) is 6.58 Å². The number of carbonyl (C=O) groups is 1. The van der Waals surface area contributed by atoms with Crippen LogP contribution in [0, 0.1) is 29.3 Å². The van der Waals surface area contributed by atoms with Gasteiger partial charge in [0.25, 0.3) is 0 Å². The first-order valence-electron chi connectivity index (χ1n) is 15.2. The van der Waals surface area contributed by atoms with Crippen molar-refractivity contribution in [2.45, 2.75) is 102 Å². The van der Waals surface area contributed by atoms with Crippen molar-refractivity contribution in [1.82, 2.24) is 0 Å². The monoisotopic (exact) mass is 572 g/mol. The van der Waals surface area contributed by atoms with Gasteiger partial charge in [0.2, 0.25) is 5.82 Å². The minimum atomic E-state index is -1.13. The van der Waals surface area contributed by atoms with E-state index in [0.717, 1.165) is 38.5 Å². The van der Waals surface area contributed by atoms with Crippen molar-refractivity contribution < 1.29 is 32.5 Å². The summed E-state index contributed by atoms with van der Waals surface area (Å²) < 4.78 is 55.8. The molecule has 2 aliphatic rings. The molecule has 0 amide bonds. The zero-order chi connectivity index (χ0) is 29.4. The van der Waals surface area contributed by atoms with Gasteiger partial charge in [-0.2, -0.15) is 4.39 Å². The topological polar surface area (TPSA) is 55.8 Å². The van der Waals surface area contributed by atoms with E-state index in [9.17, 15) is 18.7 Å². The van der Waals surface area contributed by atoms with E-state index >= 15 is 4.39 Å². The van der Waals surface area contributed by atoms with Crippen LogP contribution in [0.15, 0.2) is 43.0 Å². The van der Waals surface area contributed by atoms with E-state index in [1.54, 1.807) is 12.1 Å². The molecular weight excluding hydrogens is 529 g/mol. The Kier molecular flexibility index (Phi) is 11.3. The van der Waals surface area contributed by atoms with Gasteiger partial charge in [-0.3, -0.25) is 4.79 Å². The molecule has 4 rings (SSSR count). The maximum Gasteiger partial charge on any atom is 0.314 e. The Morgan fingerprint density at radius 2 is 1.63 bits per heavy atom.